The monoisotopic (exact) mass is 379 g/mol. The maximum absolute atomic E-state index is 11.6. The van der Waals surface area contributed by atoms with E-state index in [0.29, 0.717) is 13.0 Å². The fourth-order valence-corrected chi connectivity index (χ4v) is 2.74. The third-order valence-electron chi connectivity index (χ3n) is 4.38. The van der Waals surface area contributed by atoms with Gasteiger partial charge in [-0.05, 0) is 44.9 Å². The lowest BCUT2D eigenvalue weighted by Gasteiger charge is -2.15. The van der Waals surface area contributed by atoms with Gasteiger partial charge >= 0.3 is 5.97 Å². The summed E-state index contributed by atoms with van der Waals surface area (Å²) >= 11 is 0. The zero-order valence-electron chi connectivity index (χ0n) is 17.7. The third kappa shape index (κ3) is 19.0. The molecule has 27 heavy (non-hydrogen) atoms. The Hall–Kier alpha value is -1.58. The van der Waals surface area contributed by atoms with Crippen LogP contribution in [0, 0.1) is 0 Å². The van der Waals surface area contributed by atoms with Crippen molar-refractivity contribution in [3.63, 3.8) is 0 Å². The number of allylic oxidation sites excluding steroid dienone is 4. The molecule has 0 aromatic rings. The summed E-state index contributed by atoms with van der Waals surface area (Å²) in [4.78, 5) is 23.8. The van der Waals surface area contributed by atoms with Gasteiger partial charge in [0.1, 0.15) is 0 Å². The fraction of sp³-hybridized carbons (Fsp3) is 0.739. The van der Waals surface area contributed by atoms with E-state index >= 15 is 0 Å². The van der Waals surface area contributed by atoms with Gasteiger partial charge in [0.15, 0.2) is 6.73 Å². The van der Waals surface area contributed by atoms with Crippen molar-refractivity contribution < 1.29 is 14.3 Å². The summed E-state index contributed by atoms with van der Waals surface area (Å²) in [6, 6.07) is 0. The number of rotatable bonds is 19. The van der Waals surface area contributed by atoms with Crippen molar-refractivity contribution in [1.29, 1.82) is 0 Å². The average Bonchev–Trinajstić information content (AvgIpc) is 2.68. The first-order valence-corrected chi connectivity index (χ1v) is 10.9. The van der Waals surface area contributed by atoms with E-state index in [-0.39, 0.29) is 12.7 Å². The number of carbonyl (C=O) groups is 2. The third-order valence-corrected chi connectivity index (χ3v) is 4.38. The summed E-state index contributed by atoms with van der Waals surface area (Å²) in [5, 5.41) is 0. The van der Waals surface area contributed by atoms with E-state index in [1.165, 1.54) is 43.4 Å². The lowest BCUT2D eigenvalue weighted by atomic mass is 10.1. The van der Waals surface area contributed by atoms with Crippen LogP contribution in [0.1, 0.15) is 97.3 Å². The van der Waals surface area contributed by atoms with E-state index in [1.54, 1.807) is 0 Å². The Labute approximate surface area is 167 Å². The van der Waals surface area contributed by atoms with Crippen LogP contribution >= 0.6 is 0 Å². The number of amides is 1. The Bertz CT molecular complexity index is 404. The molecule has 0 aromatic heterocycles. The molecule has 0 aliphatic rings. The fourth-order valence-electron chi connectivity index (χ4n) is 2.74. The lowest BCUT2D eigenvalue weighted by Crippen LogP contribution is -2.27. The number of hydrogen-bond acceptors (Lipinski definition) is 3. The van der Waals surface area contributed by atoms with E-state index in [1.807, 2.05) is 6.92 Å². The number of hydrogen-bond donors (Lipinski definition) is 0. The molecular formula is C23H41NO3. The highest BCUT2D eigenvalue weighted by Gasteiger charge is 2.05. The van der Waals surface area contributed by atoms with Gasteiger partial charge in [0.25, 0.3) is 0 Å². The van der Waals surface area contributed by atoms with E-state index in [2.05, 4.69) is 31.2 Å². The summed E-state index contributed by atoms with van der Waals surface area (Å²) in [6.45, 7) is 4.93. The number of esters is 1. The first-order chi connectivity index (χ1) is 13.2. The van der Waals surface area contributed by atoms with Crippen LogP contribution in [0.4, 0.5) is 0 Å². The molecule has 4 nitrogen and oxygen atoms in total. The molecule has 4 heteroatoms. The van der Waals surface area contributed by atoms with Crippen LogP contribution in [-0.2, 0) is 14.3 Å². The van der Waals surface area contributed by atoms with Crippen LogP contribution in [0.5, 0.6) is 0 Å². The van der Waals surface area contributed by atoms with Crippen molar-refractivity contribution in [1.82, 2.24) is 4.90 Å². The highest BCUT2D eigenvalue weighted by molar-refractivity contribution is 5.69. The second kappa shape index (κ2) is 20.7. The first-order valence-electron chi connectivity index (χ1n) is 10.9. The average molecular weight is 380 g/mol. The Morgan fingerprint density at radius 3 is 2.07 bits per heavy atom. The van der Waals surface area contributed by atoms with Gasteiger partial charge in [0.05, 0.1) is 0 Å². The van der Waals surface area contributed by atoms with Gasteiger partial charge < -0.3 is 9.64 Å². The van der Waals surface area contributed by atoms with Crippen molar-refractivity contribution in [2.45, 2.75) is 97.3 Å². The molecule has 0 heterocycles. The number of ether oxygens (including phenoxy) is 1. The topological polar surface area (TPSA) is 46.6 Å². The number of unbranched alkanes of at least 4 members (excludes halogenated alkanes) is 8. The molecule has 0 spiro atoms. The van der Waals surface area contributed by atoms with E-state index in [0.717, 1.165) is 44.9 Å². The van der Waals surface area contributed by atoms with Gasteiger partial charge in [-0.15, -0.1) is 0 Å². The van der Waals surface area contributed by atoms with Crippen LogP contribution < -0.4 is 0 Å². The molecule has 0 unspecified atom stereocenters. The molecule has 0 atom stereocenters. The number of nitrogens with zero attached hydrogens (tertiary/aromatic N) is 1. The predicted molar refractivity (Wildman–Crippen MR) is 113 cm³/mol. The smallest absolute Gasteiger partial charge is 0.307 e. The second-order valence-electron chi connectivity index (χ2n) is 7.04. The van der Waals surface area contributed by atoms with Gasteiger partial charge in [0.2, 0.25) is 6.41 Å². The first kappa shape index (κ1) is 25.4. The van der Waals surface area contributed by atoms with Crippen LogP contribution in [-0.4, -0.2) is 30.6 Å². The molecule has 1 amide bonds. The molecule has 0 fully saturated rings. The van der Waals surface area contributed by atoms with Crippen LogP contribution in [0.2, 0.25) is 0 Å². The predicted octanol–water partition coefficient (Wildman–Crippen LogP) is 6.17. The minimum atomic E-state index is -0.205. The van der Waals surface area contributed by atoms with Gasteiger partial charge in [-0.25, -0.2) is 0 Å². The maximum Gasteiger partial charge on any atom is 0.307 e. The summed E-state index contributed by atoms with van der Waals surface area (Å²) in [6.07, 6.45) is 24.0. The Morgan fingerprint density at radius 2 is 1.44 bits per heavy atom. The molecule has 156 valence electrons. The van der Waals surface area contributed by atoms with Gasteiger partial charge in [-0.2, -0.15) is 0 Å². The summed E-state index contributed by atoms with van der Waals surface area (Å²) in [5.41, 5.74) is 0. The Kier molecular flexibility index (Phi) is 19.5. The maximum atomic E-state index is 11.6. The van der Waals surface area contributed by atoms with Crippen molar-refractivity contribution >= 4 is 12.4 Å². The summed E-state index contributed by atoms with van der Waals surface area (Å²) in [7, 11) is 0. The zero-order chi connectivity index (χ0) is 20.0. The van der Waals surface area contributed by atoms with E-state index in [9.17, 15) is 9.59 Å². The molecule has 0 aliphatic heterocycles. The quantitative estimate of drug-likeness (QED) is 0.0886. The highest BCUT2D eigenvalue weighted by Crippen LogP contribution is 2.09. The largest absolute Gasteiger partial charge is 0.444 e. The molecule has 0 aromatic carbocycles. The Morgan fingerprint density at radius 1 is 0.815 bits per heavy atom. The zero-order valence-corrected chi connectivity index (χ0v) is 17.7. The second-order valence-corrected chi connectivity index (χ2v) is 7.04. The molecular weight excluding hydrogens is 338 g/mol. The molecule has 0 saturated carbocycles. The minimum Gasteiger partial charge on any atom is -0.444 e. The lowest BCUT2D eigenvalue weighted by molar-refractivity contribution is -0.150. The molecule has 0 aliphatic carbocycles. The SMILES string of the molecule is CCCCC/C=C\C/C=C\CCCCCCCC(=O)OCN(C=O)CCC. The van der Waals surface area contributed by atoms with E-state index < -0.39 is 0 Å². The highest BCUT2D eigenvalue weighted by atomic mass is 16.5. The minimum absolute atomic E-state index is 0.0798. The molecule has 0 rings (SSSR count). The standard InChI is InChI=1S/C23H41NO3/c1-3-5-6-7-8-9-10-11-12-13-14-15-16-17-18-19-23(26)27-22-24(21-25)20-4-2/h8-9,11-12,21H,3-7,10,13-20,22H2,1-2H3/b9-8-,12-11-. The van der Waals surface area contributed by atoms with Crippen LogP contribution in [0.3, 0.4) is 0 Å². The van der Waals surface area contributed by atoms with Crippen molar-refractivity contribution in [3.05, 3.63) is 24.3 Å². The normalized spacial score (nSPS) is 11.3. The van der Waals surface area contributed by atoms with Gasteiger partial charge in [0, 0.05) is 13.0 Å². The van der Waals surface area contributed by atoms with Gasteiger partial charge in [-0.3, -0.25) is 9.59 Å². The van der Waals surface area contributed by atoms with Gasteiger partial charge in [-0.1, -0.05) is 70.3 Å². The van der Waals surface area contributed by atoms with Crippen molar-refractivity contribution in [2.75, 3.05) is 13.3 Å². The van der Waals surface area contributed by atoms with Crippen LogP contribution in [0.15, 0.2) is 24.3 Å². The summed E-state index contributed by atoms with van der Waals surface area (Å²) < 4.78 is 5.11. The van der Waals surface area contributed by atoms with E-state index in [4.69, 9.17) is 4.74 Å². The number of carbonyl (C=O) groups excluding carboxylic acids is 2. The molecule has 0 radical (unpaired) electrons. The Balaban J connectivity index is 3.40. The van der Waals surface area contributed by atoms with Crippen LogP contribution in [0.25, 0.3) is 0 Å². The van der Waals surface area contributed by atoms with Crippen molar-refractivity contribution in [3.8, 4) is 0 Å². The summed E-state index contributed by atoms with van der Waals surface area (Å²) in [5.74, 6) is -0.205. The molecule has 0 bridgehead atoms. The molecule has 0 N–H and O–H groups in total. The van der Waals surface area contributed by atoms with Crippen molar-refractivity contribution in [2.24, 2.45) is 0 Å². The molecule has 0 saturated heterocycles.